The number of ether oxygens (including phenoxy) is 1. The fourth-order valence-electron chi connectivity index (χ4n) is 2.88. The third-order valence-corrected chi connectivity index (χ3v) is 4.56. The highest BCUT2D eigenvalue weighted by atomic mass is 35.5. The van der Waals surface area contributed by atoms with Crippen LogP contribution in [0.1, 0.15) is 16.8 Å². The Morgan fingerprint density at radius 1 is 1.21 bits per heavy atom. The average molecular weight is 439 g/mol. The number of amides is 2. The summed E-state index contributed by atoms with van der Waals surface area (Å²) in [5, 5.41) is 2.73. The molecule has 0 radical (unpaired) electrons. The van der Waals surface area contributed by atoms with E-state index < -0.39 is 11.7 Å². The maximum Gasteiger partial charge on any atom is 0.254 e. The van der Waals surface area contributed by atoms with Crippen molar-refractivity contribution in [2.24, 2.45) is 5.73 Å². The first-order chi connectivity index (χ1) is 12.5. The van der Waals surface area contributed by atoms with Gasteiger partial charge in [0.05, 0.1) is 18.1 Å². The number of carbonyl (C=O) groups excluding carboxylic acids is 2. The Hall–Kier alpha value is -1.45. The van der Waals surface area contributed by atoms with Crippen molar-refractivity contribution in [3.8, 4) is 0 Å². The summed E-state index contributed by atoms with van der Waals surface area (Å²) in [5.41, 5.74) is 5.60. The van der Waals surface area contributed by atoms with Gasteiger partial charge in [-0.1, -0.05) is 12.1 Å². The van der Waals surface area contributed by atoms with E-state index in [2.05, 4.69) is 10.2 Å². The van der Waals surface area contributed by atoms with E-state index in [0.717, 1.165) is 13.1 Å². The molecule has 1 saturated heterocycles. The Morgan fingerprint density at radius 3 is 2.43 bits per heavy atom. The summed E-state index contributed by atoms with van der Waals surface area (Å²) in [6.07, 6.45) is 0.0558. The van der Waals surface area contributed by atoms with Crippen LogP contribution in [0, 0.1) is 5.82 Å². The molecule has 1 aromatic carbocycles. The maximum atomic E-state index is 13.6. The van der Waals surface area contributed by atoms with Gasteiger partial charge in [-0.05, 0) is 12.1 Å². The van der Waals surface area contributed by atoms with Crippen LogP contribution in [0.2, 0.25) is 0 Å². The molecule has 1 fully saturated rings. The molecule has 2 rings (SSSR count). The molecule has 28 heavy (non-hydrogen) atoms. The quantitative estimate of drug-likeness (QED) is 0.629. The molecule has 3 N–H and O–H groups in total. The number of methoxy groups -OCH3 is 1. The van der Waals surface area contributed by atoms with Gasteiger partial charge in [0, 0.05) is 52.9 Å². The molecule has 1 aliphatic heterocycles. The second-order valence-corrected chi connectivity index (χ2v) is 6.26. The van der Waals surface area contributed by atoms with E-state index in [9.17, 15) is 14.0 Å². The molecular weight excluding hydrogens is 410 g/mol. The third kappa shape index (κ3) is 7.89. The molecule has 0 aromatic heterocycles. The number of nitrogens with zero attached hydrogens (tertiary/aromatic N) is 2. The van der Waals surface area contributed by atoms with E-state index in [-0.39, 0.29) is 42.4 Å². The van der Waals surface area contributed by atoms with Crippen molar-refractivity contribution in [3.05, 3.63) is 35.6 Å². The number of halogens is 3. The van der Waals surface area contributed by atoms with Crippen LogP contribution in [-0.2, 0) is 9.53 Å². The van der Waals surface area contributed by atoms with Crippen LogP contribution in [0.3, 0.4) is 0 Å². The van der Waals surface area contributed by atoms with Crippen molar-refractivity contribution >= 4 is 36.6 Å². The predicted molar refractivity (Wildman–Crippen MR) is 111 cm³/mol. The summed E-state index contributed by atoms with van der Waals surface area (Å²) in [5.74, 6) is -0.886. The minimum atomic E-state index is -0.524. The largest absolute Gasteiger partial charge is 0.380 e. The first-order valence-electron chi connectivity index (χ1n) is 8.81. The van der Waals surface area contributed by atoms with Gasteiger partial charge in [-0.2, -0.15) is 0 Å². The second kappa shape index (κ2) is 13.7. The Labute approximate surface area is 177 Å². The molecule has 1 heterocycles. The van der Waals surface area contributed by atoms with Crippen LogP contribution in [-0.4, -0.2) is 80.6 Å². The minimum Gasteiger partial charge on any atom is -0.380 e. The van der Waals surface area contributed by atoms with E-state index in [1.807, 2.05) is 4.90 Å². The van der Waals surface area contributed by atoms with Gasteiger partial charge >= 0.3 is 0 Å². The lowest BCUT2D eigenvalue weighted by atomic mass is 10.2. The number of hydrogen-bond acceptors (Lipinski definition) is 5. The molecule has 10 heteroatoms. The fraction of sp³-hybridized carbons (Fsp3) is 0.556. The number of nitrogens with one attached hydrogen (secondary N) is 1. The van der Waals surface area contributed by atoms with Crippen molar-refractivity contribution in [3.63, 3.8) is 0 Å². The molecule has 160 valence electrons. The van der Waals surface area contributed by atoms with Crippen LogP contribution in [0.15, 0.2) is 24.3 Å². The fourth-order valence-corrected chi connectivity index (χ4v) is 2.88. The van der Waals surface area contributed by atoms with E-state index in [1.54, 1.807) is 19.2 Å². The standard InChI is InChI=1S/C18H27FN4O3.2ClH/c1-26-14(13-20)12-17(24)23-10-8-22(9-11-23)7-6-21-18(25)15-4-2-3-5-16(15)19;;/h2-5,14H,6-13,20H2,1H3,(H,21,25);2*1H. The summed E-state index contributed by atoms with van der Waals surface area (Å²) >= 11 is 0. The first-order valence-corrected chi connectivity index (χ1v) is 8.81. The van der Waals surface area contributed by atoms with Crippen LogP contribution in [0.25, 0.3) is 0 Å². The Morgan fingerprint density at radius 2 is 1.86 bits per heavy atom. The highest BCUT2D eigenvalue weighted by molar-refractivity contribution is 5.94. The van der Waals surface area contributed by atoms with Gasteiger partial charge in [-0.3, -0.25) is 14.5 Å². The molecule has 0 spiro atoms. The number of hydrogen-bond donors (Lipinski definition) is 2. The molecule has 0 aliphatic carbocycles. The second-order valence-electron chi connectivity index (χ2n) is 6.26. The average Bonchev–Trinajstić information content (AvgIpc) is 2.66. The number of nitrogens with two attached hydrogens (primary N) is 1. The van der Waals surface area contributed by atoms with Crippen molar-refractivity contribution in [1.29, 1.82) is 0 Å². The van der Waals surface area contributed by atoms with Gasteiger partial charge in [0.15, 0.2) is 0 Å². The molecule has 2 amide bonds. The van der Waals surface area contributed by atoms with Crippen LogP contribution in [0.5, 0.6) is 0 Å². The highest BCUT2D eigenvalue weighted by Gasteiger charge is 2.23. The molecule has 0 bridgehead atoms. The van der Waals surface area contributed by atoms with E-state index in [0.29, 0.717) is 39.1 Å². The highest BCUT2D eigenvalue weighted by Crippen LogP contribution is 2.07. The first kappa shape index (κ1) is 26.6. The molecular formula is C18H29Cl2FN4O3. The van der Waals surface area contributed by atoms with Crippen molar-refractivity contribution < 1.29 is 18.7 Å². The van der Waals surface area contributed by atoms with Crippen LogP contribution >= 0.6 is 24.8 Å². The zero-order valence-corrected chi connectivity index (χ0v) is 17.6. The third-order valence-electron chi connectivity index (χ3n) is 4.56. The molecule has 1 atom stereocenters. The number of piperazine rings is 1. The summed E-state index contributed by atoms with van der Waals surface area (Å²) < 4.78 is 18.7. The molecule has 0 saturated carbocycles. The van der Waals surface area contributed by atoms with Gasteiger partial charge in [0.1, 0.15) is 5.82 Å². The molecule has 1 aromatic rings. The van der Waals surface area contributed by atoms with Crippen LogP contribution in [0.4, 0.5) is 4.39 Å². The summed E-state index contributed by atoms with van der Waals surface area (Å²) in [7, 11) is 1.55. The van der Waals surface area contributed by atoms with Crippen molar-refractivity contribution in [1.82, 2.24) is 15.1 Å². The Kier molecular flexibility index (Phi) is 13.0. The molecule has 1 unspecified atom stereocenters. The van der Waals surface area contributed by atoms with E-state index in [1.165, 1.54) is 12.1 Å². The zero-order valence-electron chi connectivity index (χ0n) is 15.9. The summed E-state index contributed by atoms with van der Waals surface area (Å²) in [4.78, 5) is 28.2. The molecule has 1 aliphatic rings. The number of carbonyl (C=O) groups is 2. The number of benzene rings is 1. The topological polar surface area (TPSA) is 87.9 Å². The van der Waals surface area contributed by atoms with Gasteiger partial charge in [-0.15, -0.1) is 24.8 Å². The lowest BCUT2D eigenvalue weighted by molar-refractivity contribution is -0.135. The van der Waals surface area contributed by atoms with Crippen LogP contribution < -0.4 is 11.1 Å². The lowest BCUT2D eigenvalue weighted by Gasteiger charge is -2.35. The summed E-state index contributed by atoms with van der Waals surface area (Å²) in [6.45, 7) is 4.17. The Balaban J connectivity index is 0.00000364. The number of rotatable bonds is 8. The van der Waals surface area contributed by atoms with E-state index >= 15 is 0 Å². The maximum absolute atomic E-state index is 13.6. The predicted octanol–water partition coefficient (Wildman–Crippen LogP) is 0.907. The SMILES string of the molecule is COC(CN)CC(=O)N1CCN(CCNC(=O)c2ccccc2F)CC1.Cl.Cl. The monoisotopic (exact) mass is 438 g/mol. The van der Waals surface area contributed by atoms with Gasteiger partial charge in [0.2, 0.25) is 5.91 Å². The van der Waals surface area contributed by atoms with Crippen molar-refractivity contribution in [2.75, 3.05) is 52.9 Å². The minimum absolute atomic E-state index is 0. The zero-order chi connectivity index (χ0) is 18.9. The van der Waals surface area contributed by atoms with E-state index in [4.69, 9.17) is 10.5 Å². The smallest absolute Gasteiger partial charge is 0.254 e. The Bertz CT molecular complexity index is 612. The summed E-state index contributed by atoms with van der Waals surface area (Å²) in [6, 6.07) is 5.91. The molecule has 7 nitrogen and oxygen atoms in total. The normalized spacial score (nSPS) is 15.2. The van der Waals surface area contributed by atoms with Crippen molar-refractivity contribution in [2.45, 2.75) is 12.5 Å². The lowest BCUT2D eigenvalue weighted by Crippen LogP contribution is -2.51. The van der Waals surface area contributed by atoms with Gasteiger partial charge in [0.25, 0.3) is 5.91 Å². The van der Waals surface area contributed by atoms with Gasteiger partial charge < -0.3 is 20.7 Å². The van der Waals surface area contributed by atoms with Gasteiger partial charge in [-0.25, -0.2) is 4.39 Å².